The van der Waals surface area contributed by atoms with Crippen molar-refractivity contribution in [2.45, 2.75) is 33.1 Å². The SMILES string of the molecule is C=C[C@](C)(CC)[C@H](C)c1ccc(OC)cc1. The summed E-state index contributed by atoms with van der Waals surface area (Å²) in [7, 11) is 1.69. The van der Waals surface area contributed by atoms with Gasteiger partial charge in [-0.2, -0.15) is 0 Å². The van der Waals surface area contributed by atoms with Crippen molar-refractivity contribution in [1.82, 2.24) is 0 Å². The van der Waals surface area contributed by atoms with Gasteiger partial charge in [0.25, 0.3) is 0 Å². The molecule has 0 N–H and O–H groups in total. The summed E-state index contributed by atoms with van der Waals surface area (Å²) in [5.41, 5.74) is 1.50. The van der Waals surface area contributed by atoms with Gasteiger partial charge in [0.1, 0.15) is 5.75 Å². The van der Waals surface area contributed by atoms with Gasteiger partial charge in [0.05, 0.1) is 7.11 Å². The Morgan fingerprint density at radius 3 is 2.31 bits per heavy atom. The van der Waals surface area contributed by atoms with E-state index in [1.165, 1.54) is 5.56 Å². The van der Waals surface area contributed by atoms with E-state index in [-0.39, 0.29) is 5.41 Å². The van der Waals surface area contributed by atoms with Crippen LogP contribution >= 0.6 is 0 Å². The van der Waals surface area contributed by atoms with E-state index < -0.39 is 0 Å². The van der Waals surface area contributed by atoms with E-state index in [2.05, 4.69) is 45.6 Å². The van der Waals surface area contributed by atoms with Crippen LogP contribution < -0.4 is 4.74 Å². The standard InChI is InChI=1S/C15H22O/c1-6-15(4,7-2)12(3)13-8-10-14(16-5)11-9-13/h6,8-12H,1,7H2,2-5H3/t12-,15-/m1/s1. The topological polar surface area (TPSA) is 9.23 Å². The van der Waals surface area contributed by atoms with Crippen molar-refractivity contribution >= 4 is 0 Å². The highest BCUT2D eigenvalue weighted by atomic mass is 16.5. The maximum Gasteiger partial charge on any atom is 0.118 e. The van der Waals surface area contributed by atoms with E-state index in [0.717, 1.165) is 12.2 Å². The molecule has 1 rings (SSSR count). The molecule has 0 heterocycles. The average molecular weight is 218 g/mol. The number of methoxy groups -OCH3 is 1. The Hall–Kier alpha value is -1.24. The second kappa shape index (κ2) is 5.20. The van der Waals surface area contributed by atoms with Gasteiger partial charge in [-0.05, 0) is 35.4 Å². The zero-order valence-corrected chi connectivity index (χ0v) is 10.8. The first-order valence-corrected chi connectivity index (χ1v) is 5.85. The molecule has 1 heteroatoms. The minimum absolute atomic E-state index is 0.161. The van der Waals surface area contributed by atoms with Crippen molar-refractivity contribution in [2.24, 2.45) is 5.41 Å². The molecule has 0 radical (unpaired) electrons. The summed E-state index contributed by atoms with van der Waals surface area (Å²) < 4.78 is 5.17. The summed E-state index contributed by atoms with van der Waals surface area (Å²) in [4.78, 5) is 0. The highest BCUT2D eigenvalue weighted by Crippen LogP contribution is 2.39. The number of hydrogen-bond acceptors (Lipinski definition) is 1. The van der Waals surface area contributed by atoms with Crippen molar-refractivity contribution < 1.29 is 4.74 Å². The van der Waals surface area contributed by atoms with Gasteiger partial charge in [0.2, 0.25) is 0 Å². The van der Waals surface area contributed by atoms with Crippen LogP contribution in [0, 0.1) is 5.41 Å². The van der Waals surface area contributed by atoms with E-state index in [9.17, 15) is 0 Å². The van der Waals surface area contributed by atoms with E-state index in [0.29, 0.717) is 5.92 Å². The molecule has 88 valence electrons. The fourth-order valence-corrected chi connectivity index (χ4v) is 1.90. The van der Waals surface area contributed by atoms with Gasteiger partial charge in [-0.15, -0.1) is 6.58 Å². The van der Waals surface area contributed by atoms with Gasteiger partial charge in [-0.1, -0.05) is 39.0 Å². The van der Waals surface area contributed by atoms with Crippen molar-refractivity contribution in [3.63, 3.8) is 0 Å². The maximum atomic E-state index is 5.17. The Morgan fingerprint density at radius 2 is 1.94 bits per heavy atom. The molecule has 16 heavy (non-hydrogen) atoms. The molecule has 0 bridgehead atoms. The molecular formula is C15H22O. The first-order valence-electron chi connectivity index (χ1n) is 5.85. The molecule has 0 aliphatic carbocycles. The third kappa shape index (κ3) is 2.46. The number of allylic oxidation sites excluding steroid dienone is 1. The molecule has 1 aromatic rings. The van der Waals surface area contributed by atoms with Crippen molar-refractivity contribution in [3.8, 4) is 5.75 Å². The van der Waals surface area contributed by atoms with Crippen LogP contribution in [0.3, 0.4) is 0 Å². The Labute approximate surface area is 99.1 Å². The summed E-state index contributed by atoms with van der Waals surface area (Å²) in [6.45, 7) is 10.7. The van der Waals surface area contributed by atoms with E-state index in [4.69, 9.17) is 4.74 Å². The lowest BCUT2D eigenvalue weighted by Crippen LogP contribution is -2.20. The summed E-state index contributed by atoms with van der Waals surface area (Å²) in [6.07, 6.45) is 3.17. The number of hydrogen-bond donors (Lipinski definition) is 0. The lowest BCUT2D eigenvalue weighted by Gasteiger charge is -2.32. The van der Waals surface area contributed by atoms with E-state index in [1.54, 1.807) is 7.11 Å². The first-order chi connectivity index (χ1) is 7.57. The third-order valence-electron chi connectivity index (χ3n) is 3.83. The van der Waals surface area contributed by atoms with Gasteiger partial charge < -0.3 is 4.74 Å². The van der Waals surface area contributed by atoms with Crippen LogP contribution in [0.4, 0.5) is 0 Å². The molecule has 0 aromatic heterocycles. The lowest BCUT2D eigenvalue weighted by molar-refractivity contribution is 0.341. The molecule has 0 fully saturated rings. The molecule has 0 saturated heterocycles. The van der Waals surface area contributed by atoms with Crippen LogP contribution in [-0.4, -0.2) is 7.11 Å². The smallest absolute Gasteiger partial charge is 0.118 e. The molecule has 0 unspecified atom stereocenters. The van der Waals surface area contributed by atoms with Gasteiger partial charge in [0, 0.05) is 0 Å². The molecule has 0 aliphatic rings. The minimum atomic E-state index is 0.161. The number of ether oxygens (including phenoxy) is 1. The Kier molecular flexibility index (Phi) is 4.17. The predicted octanol–water partition coefficient (Wildman–Crippen LogP) is 4.40. The summed E-state index contributed by atoms with van der Waals surface area (Å²) in [6, 6.07) is 8.32. The van der Waals surface area contributed by atoms with Crippen LogP contribution in [0.2, 0.25) is 0 Å². The van der Waals surface area contributed by atoms with Crippen LogP contribution in [0.1, 0.15) is 38.7 Å². The molecule has 1 nitrogen and oxygen atoms in total. The van der Waals surface area contributed by atoms with Crippen molar-refractivity contribution in [1.29, 1.82) is 0 Å². The zero-order chi connectivity index (χ0) is 12.2. The molecule has 0 spiro atoms. The molecular weight excluding hydrogens is 196 g/mol. The van der Waals surface area contributed by atoms with Crippen LogP contribution in [-0.2, 0) is 0 Å². The van der Waals surface area contributed by atoms with E-state index >= 15 is 0 Å². The minimum Gasteiger partial charge on any atom is -0.497 e. The van der Waals surface area contributed by atoms with Gasteiger partial charge >= 0.3 is 0 Å². The predicted molar refractivity (Wildman–Crippen MR) is 70.0 cm³/mol. The monoisotopic (exact) mass is 218 g/mol. The fraction of sp³-hybridized carbons (Fsp3) is 0.467. The Balaban J connectivity index is 2.95. The molecule has 2 atom stereocenters. The average Bonchev–Trinajstić information content (AvgIpc) is 2.37. The number of benzene rings is 1. The second-order valence-electron chi connectivity index (χ2n) is 4.56. The third-order valence-corrected chi connectivity index (χ3v) is 3.83. The fourth-order valence-electron chi connectivity index (χ4n) is 1.90. The second-order valence-corrected chi connectivity index (χ2v) is 4.56. The van der Waals surface area contributed by atoms with E-state index in [1.807, 2.05) is 12.1 Å². The lowest BCUT2D eigenvalue weighted by atomic mass is 9.73. The molecule has 1 aromatic carbocycles. The molecule has 0 saturated carbocycles. The van der Waals surface area contributed by atoms with Crippen molar-refractivity contribution in [3.05, 3.63) is 42.5 Å². The molecule has 0 amide bonds. The van der Waals surface area contributed by atoms with Crippen LogP contribution in [0.25, 0.3) is 0 Å². The van der Waals surface area contributed by atoms with Crippen molar-refractivity contribution in [2.75, 3.05) is 7.11 Å². The van der Waals surface area contributed by atoms with Crippen LogP contribution in [0.15, 0.2) is 36.9 Å². The maximum absolute atomic E-state index is 5.17. The Morgan fingerprint density at radius 1 is 1.38 bits per heavy atom. The first kappa shape index (κ1) is 12.8. The summed E-state index contributed by atoms with van der Waals surface area (Å²) >= 11 is 0. The zero-order valence-electron chi connectivity index (χ0n) is 10.8. The quantitative estimate of drug-likeness (QED) is 0.665. The highest BCUT2D eigenvalue weighted by molar-refractivity contribution is 5.30. The highest BCUT2D eigenvalue weighted by Gasteiger charge is 2.26. The largest absolute Gasteiger partial charge is 0.497 e. The van der Waals surface area contributed by atoms with Gasteiger partial charge in [-0.3, -0.25) is 0 Å². The van der Waals surface area contributed by atoms with Gasteiger partial charge in [-0.25, -0.2) is 0 Å². The summed E-state index contributed by atoms with van der Waals surface area (Å²) in [5, 5.41) is 0. The number of rotatable bonds is 5. The van der Waals surface area contributed by atoms with Crippen LogP contribution in [0.5, 0.6) is 5.75 Å². The molecule has 0 aliphatic heterocycles. The van der Waals surface area contributed by atoms with Gasteiger partial charge in [0.15, 0.2) is 0 Å². The Bertz CT molecular complexity index is 339. The summed E-state index contributed by atoms with van der Waals surface area (Å²) in [5.74, 6) is 1.38. The normalized spacial score (nSPS) is 16.2.